The summed E-state index contributed by atoms with van der Waals surface area (Å²) in [5.41, 5.74) is -1.26. The molecule has 0 radical (unpaired) electrons. The third-order valence-corrected chi connectivity index (χ3v) is 11.6. The second-order valence-electron chi connectivity index (χ2n) is 15.9. The summed E-state index contributed by atoms with van der Waals surface area (Å²) in [6.07, 6.45) is 3.51. The summed E-state index contributed by atoms with van der Waals surface area (Å²) in [5.74, 6) is -3.44. The smallest absolute Gasteiger partial charge is 0.302 e. The monoisotopic (exact) mass is 820 g/mol. The second-order valence-corrected chi connectivity index (χ2v) is 15.9. The summed E-state index contributed by atoms with van der Waals surface area (Å²) in [6.45, 7) is 13.6. The van der Waals surface area contributed by atoms with Crippen LogP contribution in [0, 0.1) is 35.5 Å². The summed E-state index contributed by atoms with van der Waals surface area (Å²) >= 11 is 0. The van der Waals surface area contributed by atoms with Crippen molar-refractivity contribution in [3.8, 4) is 23.3 Å². The maximum Gasteiger partial charge on any atom is 0.302 e. The first-order valence-corrected chi connectivity index (χ1v) is 19.6. The molecular formula is C43H56N4O12. The Labute approximate surface area is 344 Å². The molecule has 59 heavy (non-hydrogen) atoms. The molecule has 4 aliphatic heterocycles. The van der Waals surface area contributed by atoms with Gasteiger partial charge >= 0.3 is 5.97 Å². The number of esters is 1. The normalized spacial score (nSPS) is 34.3. The van der Waals surface area contributed by atoms with Crippen LogP contribution >= 0.6 is 0 Å². The summed E-state index contributed by atoms with van der Waals surface area (Å²) in [4.78, 5) is 41.8. The number of ketones is 1. The fraction of sp³-hybridized carbons (Fsp3) is 0.535. The number of Topliss-reactive ketones (excluding diaryl/α,β-unsaturated/α-hetero) is 1. The Kier molecular flexibility index (Phi) is 14.0. The van der Waals surface area contributed by atoms with Crippen molar-refractivity contribution in [3.05, 3.63) is 58.6 Å². The summed E-state index contributed by atoms with van der Waals surface area (Å²) in [7, 11) is 3.42. The number of methoxy groups -OCH3 is 1. The number of carbonyl (C=O) groups excluding carboxylic acids is 3. The van der Waals surface area contributed by atoms with Crippen LogP contribution in [0.15, 0.2) is 47.0 Å². The molecule has 16 nitrogen and oxygen atoms in total. The van der Waals surface area contributed by atoms with Crippen LogP contribution in [0.5, 0.6) is 11.5 Å². The number of nitrogens with one attached hydrogen (secondary N) is 1. The number of nitrogens with zero attached hydrogens (tertiary/aromatic N) is 3. The number of piperazine rings is 1. The molecular weight excluding hydrogens is 764 g/mol. The predicted molar refractivity (Wildman–Crippen MR) is 218 cm³/mol. The van der Waals surface area contributed by atoms with Gasteiger partial charge in [-0.2, -0.15) is 5.10 Å². The number of likely N-dealkylation sites (N-methyl/N-ethyl adjacent to an activating group) is 1. The Bertz CT molecular complexity index is 2020. The van der Waals surface area contributed by atoms with Gasteiger partial charge in [-0.15, -0.1) is 0 Å². The Balaban J connectivity index is 1.69. The number of allylic oxidation sites excluding steroid dienone is 2. The molecule has 1 aromatic rings. The Hall–Kier alpha value is -5.18. The number of aromatic hydroxyl groups is 2. The van der Waals surface area contributed by atoms with E-state index in [0.29, 0.717) is 26.2 Å². The van der Waals surface area contributed by atoms with E-state index in [1.165, 1.54) is 52.5 Å². The number of rotatable bonds is 4. The van der Waals surface area contributed by atoms with Crippen molar-refractivity contribution >= 4 is 35.1 Å². The van der Waals surface area contributed by atoms with Gasteiger partial charge in [-0.3, -0.25) is 19.4 Å². The predicted octanol–water partition coefficient (Wildman–Crippen LogP) is 3.46. The first-order valence-electron chi connectivity index (χ1n) is 19.6. The van der Waals surface area contributed by atoms with Gasteiger partial charge in [0.2, 0.25) is 5.78 Å². The van der Waals surface area contributed by atoms with Crippen molar-refractivity contribution in [2.24, 2.45) is 28.8 Å². The van der Waals surface area contributed by atoms with E-state index in [1.807, 2.05) is 7.05 Å². The first-order chi connectivity index (χ1) is 27.8. The molecule has 5 bridgehead atoms. The lowest BCUT2D eigenvalue weighted by Gasteiger charge is -2.38. The number of amides is 1. The standard InChI is InChI=1S/C43H56N4O12/c1-22-11-10-12-23(2)42(55)45-35-28(21-44-47-18-16-46(8)17-19-47)38(52)34-32(39(35)53)29(49)13-14-31-33(34)41(54)43(7,59-31)57-20-15-30(56-9)24(3)40(58-27(6)48)26(5)37(51)25(4)36(22)50/h10-12,15,20-22,24-26,30-31,36-37,40,50-54H,16-19H2,1-9H3,(H,45,55)/b11-10+,20-15+,23-12-,44-21+/t22-,24+,25+,26+,30?,31?,36-,37?,40?,43-/m0/s1. The minimum atomic E-state index is -1.95. The van der Waals surface area contributed by atoms with E-state index in [2.05, 4.69) is 27.2 Å². The van der Waals surface area contributed by atoms with E-state index < -0.39 is 100 Å². The molecule has 1 fully saturated rings. The maximum absolute atomic E-state index is 13.7. The van der Waals surface area contributed by atoms with Crippen LogP contribution in [0.4, 0.5) is 5.69 Å². The van der Waals surface area contributed by atoms with E-state index in [1.54, 1.807) is 44.9 Å². The lowest BCUT2D eigenvalue weighted by atomic mass is 9.78. The Morgan fingerprint density at radius 3 is 2.32 bits per heavy atom. The molecule has 320 valence electrons. The molecule has 1 saturated heterocycles. The Morgan fingerprint density at radius 2 is 1.68 bits per heavy atom. The lowest BCUT2D eigenvalue weighted by Crippen LogP contribution is -2.46. The van der Waals surface area contributed by atoms with Crippen molar-refractivity contribution in [3.63, 3.8) is 0 Å². The highest BCUT2D eigenvalue weighted by atomic mass is 16.7. The van der Waals surface area contributed by atoms with Gasteiger partial charge in [0.25, 0.3) is 11.7 Å². The molecule has 0 aromatic heterocycles. The number of aliphatic hydroxyl groups is 3. The van der Waals surface area contributed by atoms with Crippen LogP contribution in [0.3, 0.4) is 0 Å². The van der Waals surface area contributed by atoms with Gasteiger partial charge in [0, 0.05) is 87.5 Å². The number of benzene rings is 1. The van der Waals surface area contributed by atoms with E-state index in [-0.39, 0.29) is 28.0 Å². The number of phenolic OH excluding ortho intramolecular Hbond substituents is 2. The number of ether oxygens (including phenoxy) is 4. The van der Waals surface area contributed by atoms with Gasteiger partial charge in [0.15, 0.2) is 17.6 Å². The minimum Gasteiger partial charge on any atom is -0.507 e. The quantitative estimate of drug-likeness (QED) is 0.0640. The molecule has 6 rings (SSSR count). The van der Waals surface area contributed by atoms with Gasteiger partial charge in [-0.25, -0.2) is 0 Å². The van der Waals surface area contributed by atoms with E-state index in [0.717, 1.165) is 0 Å². The van der Waals surface area contributed by atoms with Gasteiger partial charge < -0.3 is 54.7 Å². The van der Waals surface area contributed by atoms with Crippen LogP contribution in [-0.4, -0.2) is 136 Å². The molecule has 6 N–H and O–H groups in total. The first kappa shape index (κ1) is 44.9. The lowest BCUT2D eigenvalue weighted by molar-refractivity contribution is -0.175. The number of hydrogen-bond donors (Lipinski definition) is 6. The molecule has 16 heteroatoms. The largest absolute Gasteiger partial charge is 0.507 e. The molecule has 1 aromatic carbocycles. The van der Waals surface area contributed by atoms with Crippen molar-refractivity contribution in [2.75, 3.05) is 45.7 Å². The highest BCUT2D eigenvalue weighted by molar-refractivity contribution is 6.20. The van der Waals surface area contributed by atoms with Crippen LogP contribution in [0.2, 0.25) is 0 Å². The van der Waals surface area contributed by atoms with Crippen LogP contribution in [-0.2, 0) is 28.5 Å². The molecule has 0 spiro atoms. The number of aliphatic hydroxyl groups excluding tert-OH is 3. The summed E-state index contributed by atoms with van der Waals surface area (Å²) < 4.78 is 23.6. The van der Waals surface area contributed by atoms with E-state index >= 15 is 0 Å². The molecule has 0 saturated carbocycles. The molecule has 4 unspecified atom stereocenters. The third kappa shape index (κ3) is 9.35. The third-order valence-electron chi connectivity index (χ3n) is 11.6. The zero-order valence-corrected chi connectivity index (χ0v) is 34.9. The van der Waals surface area contributed by atoms with Crippen molar-refractivity contribution < 1.29 is 58.9 Å². The van der Waals surface area contributed by atoms with E-state index in [4.69, 9.17) is 18.9 Å². The average Bonchev–Trinajstić information content (AvgIpc) is 3.35. The van der Waals surface area contributed by atoms with Gasteiger partial charge in [-0.1, -0.05) is 51.8 Å². The number of anilines is 1. The highest BCUT2D eigenvalue weighted by Gasteiger charge is 2.49. The van der Waals surface area contributed by atoms with Crippen molar-refractivity contribution in [1.82, 2.24) is 9.91 Å². The fourth-order valence-electron chi connectivity index (χ4n) is 7.78. The summed E-state index contributed by atoms with van der Waals surface area (Å²) in [6, 6.07) is 0. The van der Waals surface area contributed by atoms with Gasteiger partial charge in [0.05, 0.1) is 47.6 Å². The molecule has 1 aliphatic carbocycles. The van der Waals surface area contributed by atoms with E-state index in [9.17, 15) is 39.9 Å². The molecule has 5 aliphatic rings. The zero-order valence-electron chi connectivity index (χ0n) is 34.9. The minimum absolute atomic E-state index is 0.148. The number of carbonyl (C=O) groups is 3. The second kappa shape index (κ2) is 18.4. The van der Waals surface area contributed by atoms with Gasteiger partial charge in [-0.05, 0) is 26.0 Å². The number of fused-ring (bicyclic) bond motifs is 14. The van der Waals surface area contributed by atoms with Crippen LogP contribution in [0.1, 0.15) is 70.0 Å². The fourth-order valence-corrected chi connectivity index (χ4v) is 7.78. The Morgan fingerprint density at radius 1 is 1.00 bits per heavy atom. The maximum atomic E-state index is 13.7. The van der Waals surface area contributed by atoms with Crippen LogP contribution < -0.4 is 5.32 Å². The van der Waals surface area contributed by atoms with Crippen molar-refractivity contribution in [2.45, 2.75) is 84.8 Å². The van der Waals surface area contributed by atoms with Crippen molar-refractivity contribution in [1.29, 1.82) is 0 Å². The molecule has 4 heterocycles. The summed E-state index contributed by atoms with van der Waals surface area (Å²) in [5, 5.41) is 67.6. The number of phenols is 2. The van der Waals surface area contributed by atoms with Crippen LogP contribution in [0.25, 0.3) is 5.57 Å². The number of hydrogen-bond acceptors (Lipinski definition) is 15. The zero-order chi connectivity index (χ0) is 43.5. The average molecular weight is 821 g/mol. The topological polar surface area (TPSA) is 220 Å². The molecule has 1 amide bonds. The number of hydrazone groups is 1. The highest BCUT2D eigenvalue weighted by Crippen LogP contribution is 2.51. The SMILES string of the molecule is COC1/C=C/O[C@@]2(C)OC3C#CC(=O)c4c(O)c(c(/C=N/N5CCN(C)CC5)c(O)c4C3=C2O)NC(=O)/C(C)=C\C=C\[C@H](C)[C@H](O)[C@@H](C)C(O)[C@@H](C)C(OC(C)=O)[C@@H]1C. The van der Waals surface area contributed by atoms with Gasteiger partial charge in [0.1, 0.15) is 11.9 Å². The molecule has 10 atom stereocenters.